The first-order valence-electron chi connectivity index (χ1n) is 12.4. The van der Waals surface area contributed by atoms with E-state index in [0.29, 0.717) is 31.2 Å². The molecule has 35 heavy (non-hydrogen) atoms. The largest absolute Gasteiger partial charge is 0.496 e. The topological polar surface area (TPSA) is 42.0 Å². The number of carbonyl (C=O) groups excluding carboxylic acids is 1. The van der Waals surface area contributed by atoms with Gasteiger partial charge in [0.2, 0.25) is 0 Å². The third-order valence-electron chi connectivity index (χ3n) is 6.94. The van der Waals surface area contributed by atoms with Crippen molar-refractivity contribution in [1.82, 2.24) is 4.90 Å². The van der Waals surface area contributed by atoms with E-state index in [1.165, 1.54) is 22.4 Å². The average molecular weight is 473 g/mol. The molecule has 1 aliphatic heterocycles. The predicted molar refractivity (Wildman–Crippen MR) is 142 cm³/mol. The Labute approximate surface area is 209 Å². The molecule has 0 bridgehead atoms. The first kappa shape index (κ1) is 24.6. The number of benzene rings is 3. The Bertz CT molecular complexity index is 1180. The van der Waals surface area contributed by atoms with Gasteiger partial charge < -0.3 is 19.3 Å². The van der Waals surface area contributed by atoms with E-state index in [9.17, 15) is 4.79 Å². The predicted octanol–water partition coefficient (Wildman–Crippen LogP) is 5.98. The van der Waals surface area contributed by atoms with Crippen LogP contribution in [-0.4, -0.2) is 44.1 Å². The van der Waals surface area contributed by atoms with E-state index >= 15 is 0 Å². The van der Waals surface area contributed by atoms with Gasteiger partial charge in [0, 0.05) is 43.0 Å². The lowest BCUT2D eigenvalue weighted by molar-refractivity contribution is 0.0746. The highest BCUT2D eigenvalue weighted by Gasteiger charge is 2.24. The van der Waals surface area contributed by atoms with Gasteiger partial charge in [-0.15, -0.1) is 0 Å². The Balaban J connectivity index is 1.45. The van der Waals surface area contributed by atoms with Crippen molar-refractivity contribution in [1.29, 1.82) is 0 Å². The van der Waals surface area contributed by atoms with Gasteiger partial charge in [0.05, 0.1) is 7.11 Å². The van der Waals surface area contributed by atoms with Crippen LogP contribution in [-0.2, 0) is 6.61 Å². The summed E-state index contributed by atoms with van der Waals surface area (Å²) < 4.78 is 11.7. The lowest BCUT2D eigenvalue weighted by Gasteiger charge is -2.37. The van der Waals surface area contributed by atoms with Crippen LogP contribution in [0.1, 0.15) is 52.4 Å². The molecule has 1 heterocycles. The van der Waals surface area contributed by atoms with Crippen LogP contribution in [0, 0.1) is 13.8 Å². The Morgan fingerprint density at radius 3 is 2.37 bits per heavy atom. The van der Waals surface area contributed by atoms with E-state index in [1.807, 2.05) is 41.3 Å². The van der Waals surface area contributed by atoms with Crippen LogP contribution in [0.15, 0.2) is 60.7 Å². The zero-order valence-electron chi connectivity index (χ0n) is 21.5. The smallest absolute Gasteiger partial charge is 0.253 e. The number of carbonyl (C=O) groups is 1. The Kier molecular flexibility index (Phi) is 7.64. The molecule has 0 saturated carbocycles. The summed E-state index contributed by atoms with van der Waals surface area (Å²) in [7, 11) is 1.65. The summed E-state index contributed by atoms with van der Waals surface area (Å²) in [5, 5.41) is 0. The molecule has 0 spiro atoms. The van der Waals surface area contributed by atoms with E-state index < -0.39 is 0 Å². The van der Waals surface area contributed by atoms with Gasteiger partial charge >= 0.3 is 0 Å². The lowest BCUT2D eigenvalue weighted by atomic mass is 10.0. The number of amides is 1. The van der Waals surface area contributed by atoms with Gasteiger partial charge in [0.25, 0.3) is 5.91 Å². The monoisotopic (exact) mass is 472 g/mol. The molecule has 4 rings (SSSR count). The third-order valence-corrected chi connectivity index (χ3v) is 6.94. The summed E-state index contributed by atoms with van der Waals surface area (Å²) in [6.07, 6.45) is 0. The van der Waals surface area contributed by atoms with Gasteiger partial charge in [-0.05, 0) is 66.8 Å². The second-order valence-electron chi connectivity index (χ2n) is 9.51. The summed E-state index contributed by atoms with van der Waals surface area (Å²) in [6, 6.07) is 20.2. The summed E-state index contributed by atoms with van der Waals surface area (Å²) in [5.41, 5.74) is 6.58. The summed E-state index contributed by atoms with van der Waals surface area (Å²) >= 11 is 0. The number of ether oxygens (including phenoxy) is 2. The van der Waals surface area contributed by atoms with Crippen molar-refractivity contribution < 1.29 is 14.3 Å². The van der Waals surface area contributed by atoms with Gasteiger partial charge in [-0.2, -0.15) is 0 Å². The van der Waals surface area contributed by atoms with E-state index in [1.54, 1.807) is 7.11 Å². The minimum absolute atomic E-state index is 0.0529. The summed E-state index contributed by atoms with van der Waals surface area (Å²) in [4.78, 5) is 17.7. The van der Waals surface area contributed by atoms with Gasteiger partial charge in [0.15, 0.2) is 0 Å². The maximum atomic E-state index is 13.4. The first-order valence-corrected chi connectivity index (χ1v) is 12.4. The zero-order chi connectivity index (χ0) is 24.9. The van der Waals surface area contributed by atoms with Crippen LogP contribution in [0.25, 0.3) is 0 Å². The Morgan fingerprint density at radius 1 is 0.914 bits per heavy atom. The number of piperazine rings is 1. The fourth-order valence-electron chi connectivity index (χ4n) is 4.68. The van der Waals surface area contributed by atoms with E-state index in [4.69, 9.17) is 9.47 Å². The molecule has 1 saturated heterocycles. The highest BCUT2D eigenvalue weighted by molar-refractivity contribution is 5.94. The van der Waals surface area contributed by atoms with Crippen molar-refractivity contribution in [3.8, 4) is 11.5 Å². The second-order valence-corrected chi connectivity index (χ2v) is 9.51. The minimum Gasteiger partial charge on any atom is -0.496 e. The van der Waals surface area contributed by atoms with Crippen LogP contribution < -0.4 is 14.4 Å². The average Bonchev–Trinajstić information content (AvgIpc) is 2.88. The van der Waals surface area contributed by atoms with Crippen LogP contribution in [0.4, 0.5) is 5.69 Å². The molecule has 5 nitrogen and oxygen atoms in total. The van der Waals surface area contributed by atoms with Crippen LogP contribution in [0.5, 0.6) is 11.5 Å². The van der Waals surface area contributed by atoms with Gasteiger partial charge in [-0.25, -0.2) is 0 Å². The molecule has 0 unspecified atom stereocenters. The molecule has 1 fully saturated rings. The number of aryl methyl sites for hydroxylation is 1. The molecule has 184 valence electrons. The Hall–Kier alpha value is -3.47. The van der Waals surface area contributed by atoms with Crippen LogP contribution in [0.2, 0.25) is 0 Å². The van der Waals surface area contributed by atoms with Crippen molar-refractivity contribution in [3.63, 3.8) is 0 Å². The van der Waals surface area contributed by atoms with Gasteiger partial charge in [-0.3, -0.25) is 4.79 Å². The highest BCUT2D eigenvalue weighted by atomic mass is 16.5. The van der Waals surface area contributed by atoms with E-state index in [2.05, 4.69) is 56.9 Å². The van der Waals surface area contributed by atoms with Crippen molar-refractivity contribution in [3.05, 3.63) is 88.5 Å². The molecule has 0 radical (unpaired) electrons. The van der Waals surface area contributed by atoms with Crippen molar-refractivity contribution in [2.45, 2.75) is 40.2 Å². The molecule has 1 aliphatic rings. The number of nitrogens with zero attached hydrogens (tertiary/aromatic N) is 2. The molecule has 3 aromatic rings. The number of hydrogen-bond acceptors (Lipinski definition) is 4. The van der Waals surface area contributed by atoms with E-state index in [-0.39, 0.29) is 5.91 Å². The quantitative estimate of drug-likeness (QED) is 0.424. The third kappa shape index (κ3) is 5.45. The molecule has 0 N–H and O–H groups in total. The maximum Gasteiger partial charge on any atom is 0.253 e. The van der Waals surface area contributed by atoms with Crippen molar-refractivity contribution in [2.75, 3.05) is 38.2 Å². The lowest BCUT2D eigenvalue weighted by Crippen LogP contribution is -2.49. The second kappa shape index (κ2) is 10.9. The fraction of sp³-hybridized carbons (Fsp3) is 0.367. The van der Waals surface area contributed by atoms with E-state index in [0.717, 1.165) is 30.2 Å². The number of hydrogen-bond donors (Lipinski definition) is 0. The molecule has 0 aliphatic carbocycles. The van der Waals surface area contributed by atoms with Crippen LogP contribution >= 0.6 is 0 Å². The normalized spacial score (nSPS) is 13.8. The zero-order valence-corrected chi connectivity index (χ0v) is 21.5. The molecule has 0 aromatic heterocycles. The number of anilines is 1. The standard InChI is InChI=1S/C30H36N2O3/c1-21(2)26-10-6-7-12-29(26)35-20-25-19-24(13-14-28(25)34-5)30(33)32-17-15-31(16-18-32)27-11-8-9-22(3)23(27)4/h6-14,19,21H,15-18,20H2,1-5H3. The van der Waals surface area contributed by atoms with Crippen molar-refractivity contribution in [2.24, 2.45) is 0 Å². The highest BCUT2D eigenvalue weighted by Crippen LogP contribution is 2.29. The van der Waals surface area contributed by atoms with Crippen molar-refractivity contribution >= 4 is 11.6 Å². The first-order chi connectivity index (χ1) is 16.9. The molecule has 0 atom stereocenters. The number of para-hydroxylation sites is 1. The van der Waals surface area contributed by atoms with Gasteiger partial charge in [0.1, 0.15) is 18.1 Å². The summed E-state index contributed by atoms with van der Waals surface area (Å²) in [5.74, 6) is 2.01. The van der Waals surface area contributed by atoms with Gasteiger partial charge in [-0.1, -0.05) is 44.2 Å². The maximum absolute atomic E-state index is 13.4. The van der Waals surface area contributed by atoms with Crippen LogP contribution in [0.3, 0.4) is 0 Å². The Morgan fingerprint density at radius 2 is 1.66 bits per heavy atom. The molecule has 3 aromatic carbocycles. The number of methoxy groups -OCH3 is 1. The molecule has 1 amide bonds. The molecular weight excluding hydrogens is 436 g/mol. The molecule has 5 heteroatoms. The number of rotatable bonds is 7. The summed E-state index contributed by atoms with van der Waals surface area (Å²) in [6.45, 7) is 12.0. The minimum atomic E-state index is 0.0529. The molecular formula is C30H36N2O3. The SMILES string of the molecule is COc1ccc(C(=O)N2CCN(c3cccc(C)c3C)CC2)cc1COc1ccccc1C(C)C. The fourth-order valence-corrected chi connectivity index (χ4v) is 4.68.